The number of phosphoric acid groups is 1. The highest BCUT2D eigenvalue weighted by atomic mass is 32.2. The molecule has 2 aliphatic rings. The topological polar surface area (TPSA) is 204 Å². The van der Waals surface area contributed by atoms with E-state index in [4.69, 9.17) is 20.7 Å². The van der Waals surface area contributed by atoms with Crippen molar-refractivity contribution in [3.63, 3.8) is 0 Å². The molecule has 13 nitrogen and oxygen atoms in total. The number of para-hydroxylation sites is 1. The summed E-state index contributed by atoms with van der Waals surface area (Å²) in [5.74, 6) is -0.164. The molecule has 5 unspecified atom stereocenters. The molecule has 2 aliphatic heterocycles. The number of H-pyrrole nitrogens is 1. The van der Waals surface area contributed by atoms with Gasteiger partial charge in [-0.25, -0.2) is 4.98 Å². The van der Waals surface area contributed by atoms with Gasteiger partial charge in [-0.1, -0.05) is 12.1 Å². The van der Waals surface area contributed by atoms with E-state index in [0.717, 1.165) is 11.8 Å². The molecule has 2 saturated heterocycles. The Balaban J connectivity index is 1.64. The van der Waals surface area contributed by atoms with Crippen LogP contribution in [0.2, 0.25) is 0 Å². The molecule has 31 heavy (non-hydrogen) atoms. The predicted molar refractivity (Wildman–Crippen MR) is 106 cm³/mol. The number of imidazole rings is 1. The lowest BCUT2D eigenvalue weighted by molar-refractivity contribution is -0.245. The number of ether oxygens (including phenoxy) is 1. The van der Waals surface area contributed by atoms with Crippen molar-refractivity contribution in [3.8, 4) is 0 Å². The van der Waals surface area contributed by atoms with Gasteiger partial charge in [-0.2, -0.15) is 4.98 Å². The van der Waals surface area contributed by atoms with Gasteiger partial charge >= 0.3 is 0 Å². The van der Waals surface area contributed by atoms with Crippen molar-refractivity contribution in [2.45, 2.75) is 34.6 Å². The molecule has 0 radical (unpaired) electrons. The molecular formula is C16H16N6O7PS-. The lowest BCUT2D eigenvalue weighted by Gasteiger charge is -2.34. The van der Waals surface area contributed by atoms with E-state index in [1.54, 1.807) is 24.3 Å². The van der Waals surface area contributed by atoms with E-state index < -0.39 is 37.9 Å². The molecule has 0 bridgehead atoms. The van der Waals surface area contributed by atoms with Gasteiger partial charge in [-0.15, -0.1) is 0 Å². The number of aromatic amines is 1. The Morgan fingerprint density at radius 2 is 2.10 bits per heavy atom. The fraction of sp³-hybridized carbons (Fsp3) is 0.312. The molecule has 0 spiro atoms. The minimum absolute atomic E-state index is 0.0384. The van der Waals surface area contributed by atoms with E-state index in [1.165, 1.54) is 4.57 Å². The standard InChI is InChI=1S/C16H17N6O7PS/c17-6-3-1-2-4-8(6)31-16-19-9-12(20-15(18)21-13(9)24)22(16)14-10(23)11-7(28-14)5-27-30(25,26)29-11/h1-4,7,10-11,14,23H,5,17H2,(H,25,26)(H3,18,20,21,24)/p-1. The smallest absolute Gasteiger partial charge is 0.280 e. The number of nitrogen functional groups attached to an aromatic ring is 2. The first-order chi connectivity index (χ1) is 14.7. The van der Waals surface area contributed by atoms with Crippen LogP contribution < -0.4 is 21.9 Å². The predicted octanol–water partition coefficient (Wildman–Crippen LogP) is -0.423. The lowest BCUT2D eigenvalue weighted by atomic mass is 10.1. The SMILES string of the molecule is Nc1nc2c(nc(Sc3ccccc3N)n2C2OC3COP(=O)([O-])OC3C2O)c(=O)[nH]1. The van der Waals surface area contributed by atoms with Gasteiger partial charge in [0.15, 0.2) is 22.5 Å². The van der Waals surface area contributed by atoms with Crippen molar-refractivity contribution in [1.29, 1.82) is 0 Å². The summed E-state index contributed by atoms with van der Waals surface area (Å²) in [5.41, 5.74) is 11.6. The average Bonchev–Trinajstić information content (AvgIpc) is 3.20. The van der Waals surface area contributed by atoms with Crippen molar-refractivity contribution in [3.05, 3.63) is 34.6 Å². The molecule has 0 saturated carbocycles. The van der Waals surface area contributed by atoms with Gasteiger partial charge in [0.1, 0.15) is 18.3 Å². The van der Waals surface area contributed by atoms with Crippen LogP contribution in [0.15, 0.2) is 39.1 Å². The number of hydrogen-bond donors (Lipinski definition) is 4. The molecule has 164 valence electrons. The third kappa shape index (κ3) is 3.51. The van der Waals surface area contributed by atoms with E-state index in [2.05, 4.69) is 19.5 Å². The van der Waals surface area contributed by atoms with Crippen LogP contribution in [0, 0.1) is 0 Å². The number of phosphoric ester groups is 1. The van der Waals surface area contributed by atoms with Gasteiger partial charge in [0.25, 0.3) is 13.4 Å². The molecular weight excluding hydrogens is 451 g/mol. The molecule has 2 fully saturated rings. The van der Waals surface area contributed by atoms with Crippen LogP contribution in [-0.4, -0.2) is 49.5 Å². The van der Waals surface area contributed by atoms with Crippen molar-refractivity contribution in [1.82, 2.24) is 19.5 Å². The largest absolute Gasteiger partial charge is 0.756 e. The number of nitrogens with one attached hydrogen (secondary N) is 1. The first kappa shape index (κ1) is 20.5. The summed E-state index contributed by atoms with van der Waals surface area (Å²) in [4.78, 5) is 35.6. The Morgan fingerprint density at radius 1 is 1.32 bits per heavy atom. The maximum Gasteiger partial charge on any atom is 0.280 e. The van der Waals surface area contributed by atoms with Crippen molar-refractivity contribution in [2.75, 3.05) is 18.1 Å². The molecule has 5 rings (SSSR count). The molecule has 4 heterocycles. The molecule has 6 N–H and O–H groups in total. The average molecular weight is 467 g/mol. The summed E-state index contributed by atoms with van der Waals surface area (Å²) in [5, 5.41) is 11.1. The second-order valence-electron chi connectivity index (χ2n) is 6.90. The number of benzene rings is 1. The third-order valence-electron chi connectivity index (χ3n) is 4.87. The van der Waals surface area contributed by atoms with Gasteiger partial charge in [0.2, 0.25) is 5.95 Å². The minimum atomic E-state index is -4.56. The van der Waals surface area contributed by atoms with Crippen LogP contribution >= 0.6 is 19.6 Å². The Labute approximate surface area is 178 Å². The number of nitrogens with zero attached hydrogens (tertiary/aromatic N) is 3. The number of anilines is 2. The zero-order chi connectivity index (χ0) is 21.9. The molecule has 3 aromatic rings. The van der Waals surface area contributed by atoms with Crippen LogP contribution in [0.4, 0.5) is 11.6 Å². The first-order valence-electron chi connectivity index (χ1n) is 9.01. The van der Waals surface area contributed by atoms with Crippen molar-refractivity contribution in [2.24, 2.45) is 0 Å². The van der Waals surface area contributed by atoms with Crippen LogP contribution in [0.1, 0.15) is 6.23 Å². The Hall–Kier alpha value is -2.45. The molecule has 5 atom stereocenters. The quantitative estimate of drug-likeness (QED) is 0.286. The van der Waals surface area contributed by atoms with Gasteiger partial charge in [-0.3, -0.25) is 18.9 Å². The van der Waals surface area contributed by atoms with Crippen molar-refractivity contribution < 1.29 is 28.3 Å². The summed E-state index contributed by atoms with van der Waals surface area (Å²) < 4.78 is 28.5. The lowest BCUT2D eigenvalue weighted by Crippen LogP contribution is -2.41. The minimum Gasteiger partial charge on any atom is -0.756 e. The summed E-state index contributed by atoms with van der Waals surface area (Å²) in [7, 11) is -4.56. The number of nitrogens with two attached hydrogens (primary N) is 2. The van der Waals surface area contributed by atoms with Gasteiger partial charge in [-0.05, 0) is 23.9 Å². The normalized spacial score (nSPS) is 30.5. The van der Waals surface area contributed by atoms with E-state index >= 15 is 0 Å². The van der Waals surface area contributed by atoms with Crippen LogP contribution in [0.5, 0.6) is 0 Å². The zero-order valence-electron chi connectivity index (χ0n) is 15.6. The van der Waals surface area contributed by atoms with E-state index in [9.17, 15) is 19.4 Å². The number of rotatable bonds is 3. The zero-order valence-corrected chi connectivity index (χ0v) is 17.3. The van der Waals surface area contributed by atoms with Crippen molar-refractivity contribution >= 4 is 42.4 Å². The van der Waals surface area contributed by atoms with E-state index in [1.807, 2.05) is 0 Å². The molecule has 1 aromatic carbocycles. The van der Waals surface area contributed by atoms with Gasteiger partial charge in [0.05, 0.1) is 6.61 Å². The second-order valence-corrected chi connectivity index (χ2v) is 9.27. The van der Waals surface area contributed by atoms with E-state index in [-0.39, 0.29) is 28.9 Å². The van der Waals surface area contributed by atoms with Gasteiger partial charge < -0.3 is 35.3 Å². The number of aliphatic hydroxyl groups is 1. The molecule has 15 heteroatoms. The Kier molecular flexibility index (Phi) is 4.82. The number of hydrogen-bond acceptors (Lipinski definition) is 12. The highest BCUT2D eigenvalue weighted by Crippen LogP contribution is 2.50. The molecule has 0 aliphatic carbocycles. The first-order valence-corrected chi connectivity index (χ1v) is 11.3. The van der Waals surface area contributed by atoms with Crippen LogP contribution in [0.3, 0.4) is 0 Å². The fourth-order valence-corrected chi connectivity index (χ4v) is 5.40. The summed E-state index contributed by atoms with van der Waals surface area (Å²) in [6.45, 7) is -0.324. The monoisotopic (exact) mass is 467 g/mol. The molecule has 0 amide bonds. The maximum absolute atomic E-state index is 12.4. The highest BCUT2D eigenvalue weighted by molar-refractivity contribution is 7.99. The Bertz CT molecular complexity index is 1280. The fourth-order valence-electron chi connectivity index (χ4n) is 3.50. The summed E-state index contributed by atoms with van der Waals surface area (Å²) in [6, 6.07) is 7.00. The van der Waals surface area contributed by atoms with Crippen LogP contribution in [-0.2, 0) is 18.3 Å². The number of aliphatic hydroxyl groups excluding tert-OH is 1. The molecule has 2 aromatic heterocycles. The maximum atomic E-state index is 12.4. The second kappa shape index (κ2) is 7.31. The van der Waals surface area contributed by atoms with Crippen LogP contribution in [0.25, 0.3) is 11.2 Å². The highest BCUT2D eigenvalue weighted by Gasteiger charge is 2.51. The third-order valence-corrected chi connectivity index (χ3v) is 6.90. The summed E-state index contributed by atoms with van der Waals surface area (Å²) >= 11 is 1.12. The number of fused-ring (bicyclic) bond motifs is 2. The number of aromatic nitrogens is 4. The van der Waals surface area contributed by atoms with Gasteiger partial charge in [0, 0.05) is 10.6 Å². The summed E-state index contributed by atoms with van der Waals surface area (Å²) in [6.07, 6.45) is -4.67. The van der Waals surface area contributed by atoms with E-state index in [0.29, 0.717) is 10.6 Å². The Morgan fingerprint density at radius 3 is 2.87 bits per heavy atom.